The first-order chi connectivity index (χ1) is 14.0. The summed E-state index contributed by atoms with van der Waals surface area (Å²) in [6, 6.07) is 5.73. The van der Waals surface area contributed by atoms with Crippen molar-refractivity contribution in [2.24, 2.45) is 10.7 Å². The summed E-state index contributed by atoms with van der Waals surface area (Å²) in [6.07, 6.45) is 8.50. The van der Waals surface area contributed by atoms with Gasteiger partial charge in [0.15, 0.2) is 5.82 Å². The Kier molecular flexibility index (Phi) is 6.83. The molecule has 1 fully saturated rings. The highest BCUT2D eigenvalue weighted by Gasteiger charge is 2.30. The molecule has 2 heterocycles. The average molecular weight is 397 g/mol. The highest BCUT2D eigenvalue weighted by Crippen LogP contribution is 2.36. The third-order valence-corrected chi connectivity index (χ3v) is 4.53. The Bertz CT molecular complexity index is 858. The number of aromatic nitrogens is 3. The van der Waals surface area contributed by atoms with E-state index in [1.165, 1.54) is 6.20 Å². The summed E-state index contributed by atoms with van der Waals surface area (Å²) < 4.78 is 5.49. The standard InChI is InChI=1S/C20H27N7O2/c1-13(2)24-20(28)29-16-6-4-14(10-16)17-11-19(27-26-17)25-18-7-5-15(12-23-18)22-9-3-8-21/h3,5,7-9,11-14,16H,4,6,10,21H2,1-2H3,(H,24,28)(H2,23,25,26,27)/b8-3-,22-9?. The van der Waals surface area contributed by atoms with Gasteiger partial charge >= 0.3 is 6.09 Å². The molecule has 0 aromatic carbocycles. The van der Waals surface area contributed by atoms with Crippen LogP contribution >= 0.6 is 0 Å². The minimum Gasteiger partial charge on any atom is -0.446 e. The second-order valence-electron chi connectivity index (χ2n) is 7.23. The summed E-state index contributed by atoms with van der Waals surface area (Å²) in [5.41, 5.74) is 7.02. The lowest BCUT2D eigenvalue weighted by molar-refractivity contribution is 0.0981. The van der Waals surface area contributed by atoms with Gasteiger partial charge in [0.2, 0.25) is 0 Å². The molecular formula is C20H27N7O2. The Morgan fingerprint density at radius 1 is 1.38 bits per heavy atom. The van der Waals surface area contributed by atoms with Crippen molar-refractivity contribution < 1.29 is 9.53 Å². The summed E-state index contributed by atoms with van der Waals surface area (Å²) in [5, 5.41) is 13.3. The normalized spacial score (nSPS) is 19.3. The van der Waals surface area contributed by atoms with Crippen LogP contribution in [-0.4, -0.2) is 39.6 Å². The van der Waals surface area contributed by atoms with E-state index in [0.29, 0.717) is 11.6 Å². The number of carbonyl (C=O) groups excluding carboxylic acids is 1. The molecule has 1 aliphatic carbocycles. The minimum atomic E-state index is -0.351. The molecule has 154 valence electrons. The number of carbonyl (C=O) groups is 1. The van der Waals surface area contributed by atoms with Gasteiger partial charge in [-0.3, -0.25) is 10.1 Å². The van der Waals surface area contributed by atoms with Crippen LogP contribution in [-0.2, 0) is 4.74 Å². The number of alkyl carbamates (subject to hydrolysis) is 1. The number of nitrogens with zero attached hydrogens (tertiary/aromatic N) is 3. The fraction of sp³-hybridized carbons (Fsp3) is 0.400. The monoisotopic (exact) mass is 397 g/mol. The quantitative estimate of drug-likeness (QED) is 0.529. The maximum absolute atomic E-state index is 11.8. The maximum atomic E-state index is 11.8. The highest BCUT2D eigenvalue weighted by molar-refractivity contribution is 5.74. The second-order valence-corrected chi connectivity index (χ2v) is 7.23. The first kappa shape index (κ1) is 20.4. The van der Waals surface area contributed by atoms with Crippen molar-refractivity contribution in [3.8, 4) is 0 Å². The molecule has 1 aliphatic rings. The molecule has 1 saturated carbocycles. The number of H-pyrrole nitrogens is 1. The molecule has 9 heteroatoms. The van der Waals surface area contributed by atoms with Crippen molar-refractivity contribution in [3.63, 3.8) is 0 Å². The van der Waals surface area contributed by atoms with Gasteiger partial charge in [-0.2, -0.15) is 5.10 Å². The zero-order valence-corrected chi connectivity index (χ0v) is 16.6. The van der Waals surface area contributed by atoms with Crippen LogP contribution in [0.1, 0.15) is 44.7 Å². The molecule has 2 aromatic heterocycles. The fourth-order valence-electron chi connectivity index (χ4n) is 3.21. The lowest BCUT2D eigenvalue weighted by Gasteiger charge is -2.14. The topological polar surface area (TPSA) is 130 Å². The number of ether oxygens (including phenoxy) is 1. The summed E-state index contributed by atoms with van der Waals surface area (Å²) >= 11 is 0. The first-order valence-electron chi connectivity index (χ1n) is 9.70. The lowest BCUT2D eigenvalue weighted by atomic mass is 10.0. The number of aromatic amines is 1. The summed E-state index contributed by atoms with van der Waals surface area (Å²) in [4.78, 5) is 20.3. The van der Waals surface area contributed by atoms with Gasteiger partial charge in [-0.25, -0.2) is 9.78 Å². The maximum Gasteiger partial charge on any atom is 0.407 e. The lowest BCUT2D eigenvalue weighted by Crippen LogP contribution is -2.33. The molecule has 29 heavy (non-hydrogen) atoms. The number of amides is 1. The van der Waals surface area contributed by atoms with Crippen LogP contribution in [0.4, 0.5) is 22.1 Å². The predicted molar refractivity (Wildman–Crippen MR) is 113 cm³/mol. The van der Waals surface area contributed by atoms with Gasteiger partial charge in [0, 0.05) is 29.9 Å². The van der Waals surface area contributed by atoms with E-state index in [2.05, 4.69) is 30.8 Å². The van der Waals surface area contributed by atoms with Crippen molar-refractivity contribution in [2.45, 2.75) is 51.2 Å². The van der Waals surface area contributed by atoms with Gasteiger partial charge in [-0.15, -0.1) is 0 Å². The van der Waals surface area contributed by atoms with Crippen molar-refractivity contribution in [1.29, 1.82) is 0 Å². The third-order valence-electron chi connectivity index (χ3n) is 4.53. The Hall–Kier alpha value is -3.36. The largest absolute Gasteiger partial charge is 0.446 e. The summed E-state index contributed by atoms with van der Waals surface area (Å²) in [5.74, 6) is 1.65. The third kappa shape index (κ3) is 6.06. The first-order valence-corrected chi connectivity index (χ1v) is 9.70. The van der Waals surface area contributed by atoms with Crippen LogP contribution in [0.2, 0.25) is 0 Å². The Balaban J connectivity index is 1.52. The van der Waals surface area contributed by atoms with Crippen LogP contribution in [0, 0.1) is 0 Å². The predicted octanol–water partition coefficient (Wildman–Crippen LogP) is 3.49. The van der Waals surface area contributed by atoms with E-state index >= 15 is 0 Å². The Morgan fingerprint density at radius 3 is 2.97 bits per heavy atom. The van der Waals surface area contributed by atoms with E-state index < -0.39 is 0 Å². The number of allylic oxidation sites excluding steroid dienone is 1. The van der Waals surface area contributed by atoms with Gasteiger partial charge in [-0.1, -0.05) is 0 Å². The van der Waals surface area contributed by atoms with Crippen molar-refractivity contribution in [3.05, 3.63) is 42.4 Å². The summed E-state index contributed by atoms with van der Waals surface area (Å²) in [7, 11) is 0. The van der Waals surface area contributed by atoms with E-state index in [9.17, 15) is 4.79 Å². The number of pyridine rings is 1. The molecule has 0 radical (unpaired) electrons. The molecule has 3 rings (SSSR count). The highest BCUT2D eigenvalue weighted by atomic mass is 16.6. The van der Waals surface area contributed by atoms with Crippen LogP contribution in [0.5, 0.6) is 0 Å². The van der Waals surface area contributed by atoms with Crippen LogP contribution in [0.3, 0.4) is 0 Å². The van der Waals surface area contributed by atoms with E-state index in [-0.39, 0.29) is 24.2 Å². The molecule has 5 N–H and O–H groups in total. The van der Waals surface area contributed by atoms with Gasteiger partial charge in [0.25, 0.3) is 0 Å². The SMILES string of the molecule is CC(C)NC(=O)OC1CCC(c2cc(Nc3ccc(N=C/C=C\N)cn3)n[nH]2)C1. The van der Waals surface area contributed by atoms with Crippen molar-refractivity contribution in [1.82, 2.24) is 20.5 Å². The number of aliphatic imine (C=N–C) groups is 1. The zero-order chi connectivity index (χ0) is 20.6. The van der Waals surface area contributed by atoms with E-state index in [0.717, 1.165) is 30.6 Å². The van der Waals surface area contributed by atoms with Gasteiger partial charge in [0.1, 0.15) is 11.9 Å². The van der Waals surface area contributed by atoms with Gasteiger partial charge in [0.05, 0.1) is 11.9 Å². The molecule has 0 bridgehead atoms. The number of nitrogens with one attached hydrogen (secondary N) is 3. The Morgan fingerprint density at radius 2 is 2.24 bits per heavy atom. The van der Waals surface area contributed by atoms with E-state index in [1.807, 2.05) is 32.0 Å². The minimum absolute atomic E-state index is 0.0673. The summed E-state index contributed by atoms with van der Waals surface area (Å²) in [6.45, 7) is 3.82. The number of hydrogen-bond acceptors (Lipinski definition) is 7. The van der Waals surface area contributed by atoms with E-state index in [4.69, 9.17) is 10.5 Å². The van der Waals surface area contributed by atoms with Crippen LogP contribution in [0.25, 0.3) is 0 Å². The van der Waals surface area contributed by atoms with Gasteiger partial charge in [-0.05, 0) is 57.5 Å². The van der Waals surface area contributed by atoms with Crippen LogP contribution < -0.4 is 16.4 Å². The average Bonchev–Trinajstić information content (AvgIpc) is 3.32. The Labute approximate surface area is 169 Å². The molecule has 0 saturated heterocycles. The molecule has 2 unspecified atom stereocenters. The molecule has 1 amide bonds. The smallest absolute Gasteiger partial charge is 0.407 e. The molecule has 9 nitrogen and oxygen atoms in total. The molecule has 0 spiro atoms. The molecule has 2 atom stereocenters. The number of anilines is 2. The fourth-order valence-corrected chi connectivity index (χ4v) is 3.21. The van der Waals surface area contributed by atoms with Crippen molar-refractivity contribution in [2.75, 3.05) is 5.32 Å². The molecule has 2 aromatic rings. The van der Waals surface area contributed by atoms with Crippen LogP contribution in [0.15, 0.2) is 41.7 Å². The van der Waals surface area contributed by atoms with Gasteiger partial charge < -0.3 is 21.1 Å². The number of nitrogens with two attached hydrogens (primary N) is 1. The second kappa shape index (κ2) is 9.72. The zero-order valence-electron chi connectivity index (χ0n) is 16.6. The molecular weight excluding hydrogens is 370 g/mol. The van der Waals surface area contributed by atoms with E-state index in [1.54, 1.807) is 18.5 Å². The number of rotatable bonds is 7. The van der Waals surface area contributed by atoms with Crippen molar-refractivity contribution >= 4 is 29.6 Å². The molecule has 0 aliphatic heterocycles. The number of hydrogen-bond donors (Lipinski definition) is 4.